The van der Waals surface area contributed by atoms with Gasteiger partial charge < -0.3 is 15.2 Å². The second kappa shape index (κ2) is 7.43. The molecule has 0 saturated carbocycles. The molecule has 18 heavy (non-hydrogen) atoms. The predicted molar refractivity (Wildman–Crippen MR) is 66.0 cm³/mol. The van der Waals surface area contributed by atoms with Gasteiger partial charge in [0.05, 0.1) is 24.3 Å². The molecule has 0 spiro atoms. The smallest absolute Gasteiger partial charge is 0.251 e. The average molecular weight is 248 g/mol. The molecule has 0 aromatic heterocycles. The molecule has 5 nitrogen and oxygen atoms in total. The van der Waals surface area contributed by atoms with Crippen LogP contribution in [0.15, 0.2) is 24.3 Å². The van der Waals surface area contributed by atoms with Crippen LogP contribution >= 0.6 is 0 Å². The molecule has 5 heteroatoms. The summed E-state index contributed by atoms with van der Waals surface area (Å²) in [5.41, 5.74) is 1.01. The molecule has 0 heterocycles. The zero-order valence-electron chi connectivity index (χ0n) is 10.2. The van der Waals surface area contributed by atoms with E-state index in [1.165, 1.54) is 7.11 Å². The summed E-state index contributed by atoms with van der Waals surface area (Å²) in [4.78, 5) is 11.7. The van der Waals surface area contributed by atoms with Crippen molar-refractivity contribution >= 4 is 5.91 Å². The Hall–Kier alpha value is -1.90. The number of benzene rings is 1. The molecular weight excluding hydrogens is 232 g/mol. The number of ether oxygens (including phenoxy) is 1. The first-order chi connectivity index (χ1) is 8.67. The number of aliphatic hydroxyl groups is 1. The van der Waals surface area contributed by atoms with Crippen molar-refractivity contribution in [1.29, 1.82) is 5.26 Å². The lowest BCUT2D eigenvalue weighted by Gasteiger charge is -2.10. The van der Waals surface area contributed by atoms with Crippen LogP contribution in [0.5, 0.6) is 0 Å². The molecule has 0 aliphatic heterocycles. The van der Waals surface area contributed by atoms with Crippen molar-refractivity contribution in [1.82, 2.24) is 5.32 Å². The van der Waals surface area contributed by atoms with Crippen LogP contribution in [0, 0.1) is 11.3 Å². The number of methoxy groups -OCH3 is 1. The van der Waals surface area contributed by atoms with Gasteiger partial charge in [-0.1, -0.05) is 0 Å². The number of carbonyl (C=O) groups excluding carboxylic acids is 1. The Morgan fingerprint density at radius 3 is 2.72 bits per heavy atom. The maximum Gasteiger partial charge on any atom is 0.251 e. The van der Waals surface area contributed by atoms with E-state index in [2.05, 4.69) is 5.32 Å². The number of rotatable bonds is 6. The third kappa shape index (κ3) is 4.53. The predicted octanol–water partition coefficient (Wildman–Crippen LogP) is 0.685. The van der Waals surface area contributed by atoms with E-state index in [0.717, 1.165) is 0 Å². The molecule has 0 aliphatic carbocycles. The molecule has 1 aromatic carbocycles. The van der Waals surface area contributed by atoms with Gasteiger partial charge in [-0.05, 0) is 30.7 Å². The largest absolute Gasteiger partial charge is 0.391 e. The number of carbonyl (C=O) groups is 1. The molecule has 0 fully saturated rings. The molecule has 0 aliphatic rings. The Morgan fingerprint density at radius 2 is 2.17 bits per heavy atom. The van der Waals surface area contributed by atoms with Crippen LogP contribution < -0.4 is 5.32 Å². The quantitative estimate of drug-likeness (QED) is 0.775. The van der Waals surface area contributed by atoms with Gasteiger partial charge in [0, 0.05) is 19.2 Å². The second-order valence-electron chi connectivity index (χ2n) is 3.84. The minimum Gasteiger partial charge on any atom is -0.391 e. The number of hydrogen-bond acceptors (Lipinski definition) is 4. The number of hydrogen-bond donors (Lipinski definition) is 2. The highest BCUT2D eigenvalue weighted by Crippen LogP contribution is 2.03. The fraction of sp³-hybridized carbons (Fsp3) is 0.385. The lowest BCUT2D eigenvalue weighted by atomic mass is 10.1. The minimum absolute atomic E-state index is 0.218. The molecule has 1 atom stereocenters. The average Bonchev–Trinajstić information content (AvgIpc) is 2.39. The first-order valence-electron chi connectivity index (χ1n) is 5.62. The third-order valence-corrected chi connectivity index (χ3v) is 2.40. The molecule has 1 unspecified atom stereocenters. The van der Waals surface area contributed by atoms with Crippen molar-refractivity contribution in [2.45, 2.75) is 12.5 Å². The molecule has 2 N–H and O–H groups in total. The summed E-state index contributed by atoms with van der Waals surface area (Å²) >= 11 is 0. The summed E-state index contributed by atoms with van der Waals surface area (Å²) in [6.45, 7) is 0.635. The van der Waals surface area contributed by atoms with Gasteiger partial charge in [0.1, 0.15) is 0 Å². The zero-order valence-corrected chi connectivity index (χ0v) is 10.2. The Bertz CT molecular complexity index is 423. The molecule has 1 amide bonds. The van der Waals surface area contributed by atoms with Gasteiger partial charge in [0.2, 0.25) is 0 Å². The molecule has 0 saturated heterocycles. The summed E-state index contributed by atoms with van der Waals surface area (Å²) in [6.07, 6.45) is -0.133. The standard InChI is InChI=1S/C13H16N2O3/c1-18-9-12(16)6-7-15-13(17)11-4-2-10(8-14)3-5-11/h2-5,12,16H,6-7,9H2,1H3,(H,15,17). The van der Waals surface area contributed by atoms with Gasteiger partial charge >= 0.3 is 0 Å². The minimum atomic E-state index is -0.573. The monoisotopic (exact) mass is 248 g/mol. The molecule has 96 valence electrons. The van der Waals surface area contributed by atoms with E-state index in [1.807, 2.05) is 6.07 Å². The number of amides is 1. The molecule has 0 bridgehead atoms. The SMILES string of the molecule is COCC(O)CCNC(=O)c1ccc(C#N)cc1. The van der Waals surface area contributed by atoms with E-state index in [9.17, 15) is 9.90 Å². The molecular formula is C13H16N2O3. The summed E-state index contributed by atoms with van der Waals surface area (Å²) in [7, 11) is 1.51. The van der Waals surface area contributed by atoms with Gasteiger partial charge in [0.15, 0.2) is 0 Å². The Labute approximate surface area is 106 Å². The van der Waals surface area contributed by atoms with Crippen LogP contribution in [-0.2, 0) is 4.74 Å². The second-order valence-corrected chi connectivity index (χ2v) is 3.84. The van der Waals surface area contributed by atoms with Crippen molar-refractivity contribution in [3.05, 3.63) is 35.4 Å². The Balaban J connectivity index is 2.38. The first kappa shape index (κ1) is 14.2. The van der Waals surface area contributed by atoms with E-state index in [1.54, 1.807) is 24.3 Å². The van der Waals surface area contributed by atoms with Crippen molar-refractivity contribution in [2.75, 3.05) is 20.3 Å². The summed E-state index contributed by atoms with van der Waals surface area (Å²) < 4.78 is 4.78. The molecule has 1 rings (SSSR count). The van der Waals surface area contributed by atoms with Crippen LogP contribution in [0.4, 0.5) is 0 Å². The molecule has 1 aromatic rings. The third-order valence-electron chi connectivity index (χ3n) is 2.40. The number of aliphatic hydroxyl groups excluding tert-OH is 1. The van der Waals surface area contributed by atoms with E-state index in [4.69, 9.17) is 10.00 Å². The van der Waals surface area contributed by atoms with Crippen molar-refractivity contribution in [3.8, 4) is 6.07 Å². The van der Waals surface area contributed by atoms with E-state index < -0.39 is 6.10 Å². The maximum absolute atomic E-state index is 11.7. The Morgan fingerprint density at radius 1 is 1.50 bits per heavy atom. The number of nitrogens with one attached hydrogen (secondary N) is 1. The van der Waals surface area contributed by atoms with Crippen LogP contribution in [0.2, 0.25) is 0 Å². The van der Waals surface area contributed by atoms with Gasteiger partial charge in [-0.15, -0.1) is 0 Å². The van der Waals surface area contributed by atoms with Crippen LogP contribution in [0.3, 0.4) is 0 Å². The van der Waals surface area contributed by atoms with Crippen LogP contribution in [0.25, 0.3) is 0 Å². The van der Waals surface area contributed by atoms with Gasteiger partial charge in [-0.25, -0.2) is 0 Å². The normalized spacial score (nSPS) is 11.6. The number of nitrogens with zero attached hydrogens (tertiary/aromatic N) is 1. The fourth-order valence-corrected chi connectivity index (χ4v) is 1.43. The summed E-state index contributed by atoms with van der Waals surface area (Å²) in [5, 5.41) is 20.7. The first-order valence-corrected chi connectivity index (χ1v) is 5.62. The van der Waals surface area contributed by atoms with Gasteiger partial charge in [-0.2, -0.15) is 5.26 Å². The number of nitriles is 1. The Kier molecular flexibility index (Phi) is 5.85. The summed E-state index contributed by atoms with van der Waals surface area (Å²) in [6, 6.07) is 8.36. The van der Waals surface area contributed by atoms with Crippen LogP contribution in [0.1, 0.15) is 22.3 Å². The van der Waals surface area contributed by atoms with Crippen molar-refractivity contribution in [2.24, 2.45) is 0 Å². The van der Waals surface area contributed by atoms with E-state index in [0.29, 0.717) is 24.1 Å². The lowest BCUT2D eigenvalue weighted by molar-refractivity contribution is 0.0587. The van der Waals surface area contributed by atoms with Gasteiger partial charge in [-0.3, -0.25) is 4.79 Å². The van der Waals surface area contributed by atoms with Gasteiger partial charge in [0.25, 0.3) is 5.91 Å². The van der Waals surface area contributed by atoms with E-state index >= 15 is 0 Å². The van der Waals surface area contributed by atoms with Crippen molar-refractivity contribution < 1.29 is 14.6 Å². The lowest BCUT2D eigenvalue weighted by Crippen LogP contribution is -2.28. The van der Waals surface area contributed by atoms with E-state index in [-0.39, 0.29) is 12.5 Å². The highest BCUT2D eigenvalue weighted by molar-refractivity contribution is 5.94. The maximum atomic E-state index is 11.7. The fourth-order valence-electron chi connectivity index (χ4n) is 1.43. The summed E-state index contributed by atoms with van der Waals surface area (Å²) in [5.74, 6) is -0.218. The highest BCUT2D eigenvalue weighted by Gasteiger charge is 2.07. The highest BCUT2D eigenvalue weighted by atomic mass is 16.5. The zero-order chi connectivity index (χ0) is 13.4. The van der Waals surface area contributed by atoms with Crippen LogP contribution in [-0.4, -0.2) is 37.4 Å². The van der Waals surface area contributed by atoms with Crippen molar-refractivity contribution in [3.63, 3.8) is 0 Å². The topological polar surface area (TPSA) is 82.3 Å². The molecule has 0 radical (unpaired) electrons.